The maximum atomic E-state index is 10.9. The molecular formula is C15H18N2O3. The number of methoxy groups -OCH3 is 2. The highest BCUT2D eigenvalue weighted by Crippen LogP contribution is 2.23. The van der Waals surface area contributed by atoms with Crippen molar-refractivity contribution in [2.45, 2.75) is 6.42 Å². The Morgan fingerprint density at radius 1 is 1.40 bits per heavy atom. The zero-order valence-electron chi connectivity index (χ0n) is 11.6. The highest BCUT2D eigenvalue weighted by molar-refractivity contribution is 5.84. The number of fused-ring (bicyclic) bond motifs is 1. The van der Waals surface area contributed by atoms with Crippen molar-refractivity contribution in [2.75, 3.05) is 20.8 Å². The third-order valence-electron chi connectivity index (χ3n) is 3.05. The lowest BCUT2D eigenvalue weighted by Gasteiger charge is -2.02. The van der Waals surface area contributed by atoms with Crippen LogP contribution in [0, 0.1) is 0 Å². The van der Waals surface area contributed by atoms with Crippen molar-refractivity contribution >= 4 is 16.9 Å². The second kappa shape index (κ2) is 6.65. The molecule has 1 heterocycles. The number of ether oxygens (including phenoxy) is 2. The molecule has 0 aliphatic rings. The van der Waals surface area contributed by atoms with Crippen LogP contribution in [0.25, 0.3) is 10.9 Å². The van der Waals surface area contributed by atoms with Gasteiger partial charge in [0.1, 0.15) is 5.75 Å². The van der Waals surface area contributed by atoms with Gasteiger partial charge in [-0.05, 0) is 30.2 Å². The van der Waals surface area contributed by atoms with Gasteiger partial charge in [0.05, 0.1) is 14.2 Å². The minimum Gasteiger partial charge on any atom is -0.497 e. The summed E-state index contributed by atoms with van der Waals surface area (Å²) in [5.41, 5.74) is 2.30. The standard InChI is InChI=1S/C15H18N2O3/c1-19-12-3-4-14-13(9-12)11(10-17-14)5-7-16-8-6-15(18)20-2/h3-4,6,8-10,16-17H,5,7H2,1-2H3/b8-6-. The van der Waals surface area contributed by atoms with Crippen molar-refractivity contribution < 1.29 is 14.3 Å². The van der Waals surface area contributed by atoms with Gasteiger partial charge in [-0.1, -0.05) is 0 Å². The van der Waals surface area contributed by atoms with Gasteiger partial charge in [-0.15, -0.1) is 0 Å². The number of rotatable bonds is 6. The van der Waals surface area contributed by atoms with E-state index in [-0.39, 0.29) is 5.97 Å². The zero-order chi connectivity index (χ0) is 14.4. The molecule has 0 aliphatic carbocycles. The maximum Gasteiger partial charge on any atom is 0.331 e. The fourth-order valence-corrected chi connectivity index (χ4v) is 1.98. The SMILES string of the molecule is COC(=O)/C=C\NCCc1c[nH]c2ccc(OC)cc12. The lowest BCUT2D eigenvalue weighted by atomic mass is 10.1. The highest BCUT2D eigenvalue weighted by atomic mass is 16.5. The molecule has 106 valence electrons. The van der Waals surface area contributed by atoms with Gasteiger partial charge in [0.2, 0.25) is 0 Å². The van der Waals surface area contributed by atoms with Gasteiger partial charge in [0.25, 0.3) is 0 Å². The number of aromatic amines is 1. The zero-order valence-corrected chi connectivity index (χ0v) is 11.6. The average Bonchev–Trinajstić information content (AvgIpc) is 2.88. The van der Waals surface area contributed by atoms with Gasteiger partial charge < -0.3 is 19.8 Å². The van der Waals surface area contributed by atoms with Crippen molar-refractivity contribution in [1.29, 1.82) is 0 Å². The highest BCUT2D eigenvalue weighted by Gasteiger charge is 2.04. The predicted octanol–water partition coefficient (Wildman–Crippen LogP) is 2.00. The third kappa shape index (κ3) is 3.32. The van der Waals surface area contributed by atoms with E-state index in [0.717, 1.165) is 29.6 Å². The van der Waals surface area contributed by atoms with E-state index in [0.29, 0.717) is 0 Å². The maximum absolute atomic E-state index is 10.9. The van der Waals surface area contributed by atoms with Crippen molar-refractivity contribution in [3.63, 3.8) is 0 Å². The topological polar surface area (TPSA) is 63.3 Å². The normalized spacial score (nSPS) is 10.9. The first kappa shape index (κ1) is 14.0. The second-order valence-electron chi connectivity index (χ2n) is 4.29. The van der Waals surface area contributed by atoms with E-state index in [1.54, 1.807) is 13.3 Å². The summed E-state index contributed by atoms with van der Waals surface area (Å²) in [5, 5.41) is 4.21. The van der Waals surface area contributed by atoms with Crippen LogP contribution < -0.4 is 10.1 Å². The number of esters is 1. The van der Waals surface area contributed by atoms with Crippen molar-refractivity contribution in [1.82, 2.24) is 10.3 Å². The van der Waals surface area contributed by atoms with Crippen LogP contribution in [0.4, 0.5) is 0 Å². The van der Waals surface area contributed by atoms with Crippen LogP contribution in [0.1, 0.15) is 5.56 Å². The van der Waals surface area contributed by atoms with E-state index in [2.05, 4.69) is 15.0 Å². The van der Waals surface area contributed by atoms with E-state index in [1.807, 2.05) is 24.4 Å². The van der Waals surface area contributed by atoms with Crippen LogP contribution in [-0.2, 0) is 16.0 Å². The van der Waals surface area contributed by atoms with Crippen LogP contribution in [0.15, 0.2) is 36.7 Å². The molecule has 1 aromatic carbocycles. The molecule has 0 amide bonds. The Bertz CT molecular complexity index is 617. The third-order valence-corrected chi connectivity index (χ3v) is 3.05. The molecule has 1 aromatic heterocycles. The second-order valence-corrected chi connectivity index (χ2v) is 4.29. The number of hydrogen-bond acceptors (Lipinski definition) is 4. The van der Waals surface area contributed by atoms with Gasteiger partial charge in [0.15, 0.2) is 0 Å². The monoisotopic (exact) mass is 274 g/mol. The molecule has 0 saturated carbocycles. The first-order valence-electron chi connectivity index (χ1n) is 6.36. The minimum absolute atomic E-state index is 0.366. The molecule has 5 heteroatoms. The summed E-state index contributed by atoms with van der Waals surface area (Å²) >= 11 is 0. The van der Waals surface area contributed by atoms with E-state index < -0.39 is 0 Å². The summed E-state index contributed by atoms with van der Waals surface area (Å²) in [5.74, 6) is 0.478. The van der Waals surface area contributed by atoms with Crippen LogP contribution in [0.3, 0.4) is 0 Å². The Morgan fingerprint density at radius 2 is 2.25 bits per heavy atom. The Morgan fingerprint density at radius 3 is 3.00 bits per heavy atom. The summed E-state index contributed by atoms with van der Waals surface area (Å²) in [4.78, 5) is 14.1. The van der Waals surface area contributed by atoms with E-state index in [1.165, 1.54) is 18.7 Å². The molecule has 20 heavy (non-hydrogen) atoms. The summed E-state index contributed by atoms with van der Waals surface area (Å²) in [6.07, 6.45) is 5.80. The molecular weight excluding hydrogens is 256 g/mol. The Balaban J connectivity index is 1.96. The fraction of sp³-hybridized carbons (Fsp3) is 0.267. The predicted molar refractivity (Wildman–Crippen MR) is 77.7 cm³/mol. The van der Waals surface area contributed by atoms with Gasteiger partial charge >= 0.3 is 5.97 Å². The number of carbonyl (C=O) groups is 1. The summed E-state index contributed by atoms with van der Waals surface area (Å²) in [7, 11) is 3.01. The average molecular weight is 274 g/mol. The molecule has 0 atom stereocenters. The molecule has 0 spiro atoms. The van der Waals surface area contributed by atoms with Crippen molar-refractivity contribution in [2.24, 2.45) is 0 Å². The van der Waals surface area contributed by atoms with Crippen LogP contribution in [-0.4, -0.2) is 31.7 Å². The van der Waals surface area contributed by atoms with E-state index >= 15 is 0 Å². The quantitative estimate of drug-likeness (QED) is 0.480. The van der Waals surface area contributed by atoms with Gasteiger partial charge in [-0.2, -0.15) is 0 Å². The van der Waals surface area contributed by atoms with Crippen molar-refractivity contribution in [3.8, 4) is 5.75 Å². The molecule has 0 radical (unpaired) electrons. The lowest BCUT2D eigenvalue weighted by molar-refractivity contribution is -0.134. The number of nitrogens with one attached hydrogen (secondary N) is 2. The number of hydrogen-bond donors (Lipinski definition) is 2. The number of benzene rings is 1. The van der Waals surface area contributed by atoms with Crippen LogP contribution in [0.5, 0.6) is 5.75 Å². The molecule has 0 aliphatic heterocycles. The molecule has 0 fully saturated rings. The number of aromatic nitrogens is 1. The number of carbonyl (C=O) groups excluding carboxylic acids is 1. The molecule has 0 unspecified atom stereocenters. The van der Waals surface area contributed by atoms with E-state index in [9.17, 15) is 4.79 Å². The molecule has 2 rings (SSSR count). The minimum atomic E-state index is -0.366. The van der Waals surface area contributed by atoms with Crippen molar-refractivity contribution in [3.05, 3.63) is 42.2 Å². The molecule has 2 aromatic rings. The van der Waals surface area contributed by atoms with Gasteiger partial charge in [0, 0.05) is 35.9 Å². The van der Waals surface area contributed by atoms with Crippen LogP contribution >= 0.6 is 0 Å². The fourth-order valence-electron chi connectivity index (χ4n) is 1.98. The Kier molecular flexibility index (Phi) is 4.65. The Hall–Kier alpha value is -2.43. The summed E-state index contributed by atoms with van der Waals surface area (Å²) in [6.45, 7) is 0.734. The molecule has 0 bridgehead atoms. The molecule has 0 saturated heterocycles. The smallest absolute Gasteiger partial charge is 0.331 e. The summed E-state index contributed by atoms with van der Waals surface area (Å²) in [6, 6.07) is 5.95. The van der Waals surface area contributed by atoms with Crippen LogP contribution in [0.2, 0.25) is 0 Å². The molecule has 5 nitrogen and oxygen atoms in total. The van der Waals surface area contributed by atoms with Gasteiger partial charge in [-0.25, -0.2) is 4.79 Å². The molecule has 2 N–H and O–H groups in total. The first-order chi connectivity index (χ1) is 9.74. The number of H-pyrrole nitrogens is 1. The Labute approximate surface area is 117 Å². The lowest BCUT2D eigenvalue weighted by Crippen LogP contribution is -2.10. The van der Waals surface area contributed by atoms with E-state index in [4.69, 9.17) is 4.74 Å². The first-order valence-corrected chi connectivity index (χ1v) is 6.36. The van der Waals surface area contributed by atoms with Gasteiger partial charge in [-0.3, -0.25) is 0 Å². The largest absolute Gasteiger partial charge is 0.497 e. The summed E-state index contributed by atoms with van der Waals surface area (Å²) < 4.78 is 9.74.